The molecule has 5 heteroatoms. The van der Waals surface area contributed by atoms with Crippen LogP contribution in [0.15, 0.2) is 42.5 Å². The third-order valence-electron chi connectivity index (χ3n) is 5.03. The van der Waals surface area contributed by atoms with Gasteiger partial charge in [0, 0.05) is 34.6 Å². The highest BCUT2D eigenvalue weighted by atomic mass is 15.1. The van der Waals surface area contributed by atoms with Crippen molar-refractivity contribution >= 4 is 27.5 Å². The van der Waals surface area contributed by atoms with E-state index in [-0.39, 0.29) is 0 Å². The van der Waals surface area contributed by atoms with Gasteiger partial charge in [-0.25, -0.2) is 0 Å². The van der Waals surface area contributed by atoms with Gasteiger partial charge in [-0.2, -0.15) is 5.10 Å². The number of H-pyrrole nitrogens is 2. The van der Waals surface area contributed by atoms with Crippen LogP contribution in [-0.2, 0) is 0 Å². The fraction of sp³-hybridized carbons (Fsp3) is 0.250. The highest BCUT2D eigenvalue weighted by molar-refractivity contribution is 5.97. The van der Waals surface area contributed by atoms with Crippen LogP contribution in [0, 0.1) is 6.92 Å². The van der Waals surface area contributed by atoms with Gasteiger partial charge in [-0.3, -0.25) is 5.10 Å². The minimum absolute atomic E-state index is 0.504. The minimum atomic E-state index is 0.504. The Morgan fingerprint density at radius 2 is 2.04 bits per heavy atom. The summed E-state index contributed by atoms with van der Waals surface area (Å²) in [6.07, 6.45) is 1.16. The predicted molar refractivity (Wildman–Crippen MR) is 103 cm³/mol. The Morgan fingerprint density at radius 1 is 1.08 bits per heavy atom. The lowest BCUT2D eigenvalue weighted by atomic mass is 10.1. The Balaban J connectivity index is 1.57. The molecule has 3 heterocycles. The second kappa shape index (κ2) is 5.63. The zero-order valence-electron chi connectivity index (χ0n) is 14.2. The van der Waals surface area contributed by atoms with Crippen LogP contribution in [-0.4, -0.2) is 34.3 Å². The van der Waals surface area contributed by atoms with Crippen LogP contribution in [0.2, 0.25) is 0 Å². The van der Waals surface area contributed by atoms with E-state index in [2.05, 4.69) is 75.2 Å². The van der Waals surface area contributed by atoms with E-state index < -0.39 is 0 Å². The maximum Gasteiger partial charge on any atom is 0.116 e. The topological polar surface area (TPSA) is 68.5 Å². The molecule has 1 atom stereocenters. The van der Waals surface area contributed by atoms with E-state index in [4.69, 9.17) is 0 Å². The first-order valence-corrected chi connectivity index (χ1v) is 8.81. The molecule has 0 saturated carbocycles. The first-order chi connectivity index (χ1) is 12.3. The Kier molecular flexibility index (Phi) is 3.28. The molecule has 5 rings (SSSR count). The van der Waals surface area contributed by atoms with E-state index in [0.717, 1.165) is 53.0 Å². The lowest BCUT2D eigenvalue weighted by Crippen LogP contribution is -2.21. The van der Waals surface area contributed by atoms with Crippen LogP contribution in [0.25, 0.3) is 33.2 Å². The Morgan fingerprint density at radius 3 is 2.92 bits per heavy atom. The van der Waals surface area contributed by atoms with E-state index in [1.165, 1.54) is 10.9 Å². The van der Waals surface area contributed by atoms with E-state index >= 15 is 0 Å². The van der Waals surface area contributed by atoms with Crippen LogP contribution in [0.3, 0.4) is 0 Å². The number of aromatic amines is 2. The summed E-state index contributed by atoms with van der Waals surface area (Å²) in [5.41, 5.74) is 6.63. The fourth-order valence-electron chi connectivity index (χ4n) is 3.69. The summed E-state index contributed by atoms with van der Waals surface area (Å²) >= 11 is 0. The highest BCUT2D eigenvalue weighted by Gasteiger charge is 2.15. The summed E-state index contributed by atoms with van der Waals surface area (Å²) in [6.45, 7) is 4.22. The second-order valence-corrected chi connectivity index (χ2v) is 6.94. The van der Waals surface area contributed by atoms with Gasteiger partial charge in [-0.15, -0.1) is 0 Å². The molecule has 25 heavy (non-hydrogen) atoms. The quantitative estimate of drug-likeness (QED) is 0.462. The van der Waals surface area contributed by atoms with Gasteiger partial charge in [0.15, 0.2) is 0 Å². The molecule has 4 aromatic rings. The highest BCUT2D eigenvalue weighted by Crippen LogP contribution is 2.30. The Bertz CT molecular complexity index is 1050. The molecule has 1 fully saturated rings. The number of aryl methyl sites for hydroxylation is 1. The summed E-state index contributed by atoms with van der Waals surface area (Å²) in [6, 6.07) is 15.6. The zero-order valence-corrected chi connectivity index (χ0v) is 14.2. The molecule has 1 aliphatic rings. The van der Waals surface area contributed by atoms with Gasteiger partial charge in [0.05, 0.1) is 11.2 Å². The Labute approximate surface area is 145 Å². The van der Waals surface area contributed by atoms with E-state index in [9.17, 15) is 0 Å². The van der Waals surface area contributed by atoms with Gasteiger partial charge in [-0.1, -0.05) is 12.1 Å². The summed E-state index contributed by atoms with van der Waals surface area (Å²) in [5.74, 6) is 0. The summed E-state index contributed by atoms with van der Waals surface area (Å²) in [7, 11) is 0. The molecule has 0 amide bonds. The number of fused-ring (bicyclic) bond motifs is 2. The molecule has 2 aromatic heterocycles. The molecule has 4 N–H and O–H groups in total. The van der Waals surface area contributed by atoms with Crippen molar-refractivity contribution in [3.63, 3.8) is 0 Å². The largest absolute Gasteiger partial charge is 0.381 e. The number of aromatic nitrogens is 3. The molecule has 0 aliphatic carbocycles. The summed E-state index contributed by atoms with van der Waals surface area (Å²) < 4.78 is 0. The van der Waals surface area contributed by atoms with Gasteiger partial charge in [0.1, 0.15) is 5.69 Å². The van der Waals surface area contributed by atoms with Crippen molar-refractivity contribution < 1.29 is 0 Å². The minimum Gasteiger partial charge on any atom is -0.381 e. The first-order valence-electron chi connectivity index (χ1n) is 8.81. The molecule has 1 saturated heterocycles. The van der Waals surface area contributed by atoms with Gasteiger partial charge in [0.25, 0.3) is 0 Å². The van der Waals surface area contributed by atoms with Crippen molar-refractivity contribution in [2.75, 3.05) is 18.4 Å². The maximum atomic E-state index is 4.56. The lowest BCUT2D eigenvalue weighted by molar-refractivity contribution is 0.793. The molecule has 5 nitrogen and oxygen atoms in total. The van der Waals surface area contributed by atoms with Gasteiger partial charge in [0.2, 0.25) is 0 Å². The van der Waals surface area contributed by atoms with Crippen LogP contribution < -0.4 is 10.6 Å². The third kappa shape index (κ3) is 2.57. The van der Waals surface area contributed by atoms with Crippen LogP contribution >= 0.6 is 0 Å². The molecule has 0 spiro atoms. The van der Waals surface area contributed by atoms with Crippen LogP contribution in [0.4, 0.5) is 5.69 Å². The first kappa shape index (κ1) is 14.5. The number of benzene rings is 2. The SMILES string of the molecule is Cc1ccc2cc(-c3n[nH]c4ccc(N[C@@H]5CCNC5)cc34)[nH]c2c1. The Hall–Kier alpha value is -2.79. The smallest absolute Gasteiger partial charge is 0.116 e. The summed E-state index contributed by atoms with van der Waals surface area (Å²) in [4.78, 5) is 3.51. The number of nitrogens with one attached hydrogen (secondary N) is 4. The monoisotopic (exact) mass is 331 g/mol. The van der Waals surface area contributed by atoms with Crippen LogP contribution in [0.1, 0.15) is 12.0 Å². The average molecular weight is 331 g/mol. The lowest BCUT2D eigenvalue weighted by Gasteiger charge is -2.12. The van der Waals surface area contributed by atoms with E-state index in [1.807, 2.05) is 0 Å². The van der Waals surface area contributed by atoms with Crippen molar-refractivity contribution in [1.29, 1.82) is 0 Å². The normalized spacial score (nSPS) is 17.6. The fourth-order valence-corrected chi connectivity index (χ4v) is 3.69. The van der Waals surface area contributed by atoms with Crippen molar-refractivity contribution in [1.82, 2.24) is 20.5 Å². The van der Waals surface area contributed by atoms with Gasteiger partial charge in [-0.05, 0) is 55.8 Å². The van der Waals surface area contributed by atoms with E-state index in [0.29, 0.717) is 6.04 Å². The molecule has 0 unspecified atom stereocenters. The average Bonchev–Trinajstić information content (AvgIpc) is 3.32. The molecular formula is C20H21N5. The van der Waals surface area contributed by atoms with Crippen LogP contribution in [0.5, 0.6) is 0 Å². The second-order valence-electron chi connectivity index (χ2n) is 6.94. The number of rotatable bonds is 3. The molecule has 1 aliphatic heterocycles. The van der Waals surface area contributed by atoms with Crippen molar-refractivity contribution in [2.45, 2.75) is 19.4 Å². The molecule has 0 bridgehead atoms. The predicted octanol–water partition coefficient (Wildman–Crippen LogP) is 3.79. The molecule has 0 radical (unpaired) electrons. The summed E-state index contributed by atoms with van der Waals surface area (Å²) in [5, 5.41) is 17.1. The maximum absolute atomic E-state index is 4.56. The molecular weight excluding hydrogens is 310 g/mol. The number of nitrogens with zero attached hydrogens (tertiary/aromatic N) is 1. The van der Waals surface area contributed by atoms with Crippen molar-refractivity contribution in [3.05, 3.63) is 48.0 Å². The van der Waals surface area contributed by atoms with E-state index in [1.54, 1.807) is 0 Å². The van der Waals surface area contributed by atoms with Crippen molar-refractivity contribution in [2.24, 2.45) is 0 Å². The van der Waals surface area contributed by atoms with Gasteiger partial charge >= 0.3 is 0 Å². The zero-order chi connectivity index (χ0) is 16.8. The number of hydrogen-bond donors (Lipinski definition) is 4. The molecule has 126 valence electrons. The number of hydrogen-bond acceptors (Lipinski definition) is 3. The third-order valence-corrected chi connectivity index (χ3v) is 5.03. The van der Waals surface area contributed by atoms with Gasteiger partial charge < -0.3 is 15.6 Å². The molecule has 2 aromatic carbocycles. The van der Waals surface area contributed by atoms with Crippen molar-refractivity contribution in [3.8, 4) is 11.4 Å². The standard InChI is InChI=1S/C20H21N5/c1-12-2-3-13-9-19(23-18(13)8-12)20-16-10-14(4-5-17(16)24-25-20)22-15-6-7-21-11-15/h2-5,8-10,15,21-23H,6-7,11H2,1H3,(H,24,25)/t15-/m1/s1. The number of anilines is 1.